The molecular formula is C33H42ClN3O4S. The van der Waals surface area contributed by atoms with Crippen LogP contribution in [-0.2, 0) is 14.4 Å². The molecular weight excluding hydrogens is 570 g/mol. The van der Waals surface area contributed by atoms with Crippen LogP contribution in [0, 0.1) is 29.1 Å². The number of ether oxygens (including phenoxy) is 2. The SMILES string of the molecule is C=S1(=O)NC(=O)OC2CCN(C/C=C/[C@@H]3CC[C@H]3CN3C[C@@]4(CCCC5C=C(Cl)C=CC54)COc4ccc1cc43)CC2. The van der Waals surface area contributed by atoms with Crippen LogP contribution in [0.15, 0.2) is 58.5 Å². The highest BCUT2D eigenvalue weighted by atomic mass is 35.5. The maximum Gasteiger partial charge on any atom is 0.419 e. The predicted molar refractivity (Wildman–Crippen MR) is 168 cm³/mol. The van der Waals surface area contributed by atoms with Gasteiger partial charge < -0.3 is 14.4 Å². The monoisotopic (exact) mass is 611 g/mol. The molecule has 3 aliphatic carbocycles. The number of amides is 1. The lowest BCUT2D eigenvalue weighted by molar-refractivity contribution is 0.0460. The Balaban J connectivity index is 1.25. The summed E-state index contributed by atoms with van der Waals surface area (Å²) in [5, 5.41) is 0.831. The van der Waals surface area contributed by atoms with Crippen molar-refractivity contribution in [2.45, 2.75) is 55.9 Å². The third-order valence-electron chi connectivity index (χ3n) is 10.6. The van der Waals surface area contributed by atoms with Crippen molar-refractivity contribution in [2.24, 2.45) is 29.1 Å². The lowest BCUT2D eigenvalue weighted by atomic mass is 9.60. The number of nitrogens with zero attached hydrogens (tertiary/aromatic N) is 2. The maximum absolute atomic E-state index is 13.9. The van der Waals surface area contributed by atoms with Crippen molar-refractivity contribution in [3.8, 4) is 5.75 Å². The molecule has 1 aromatic carbocycles. The Kier molecular flexibility index (Phi) is 7.60. The molecule has 4 heterocycles. The third kappa shape index (κ3) is 5.50. The number of hydrogen-bond donors (Lipinski definition) is 1. The number of benzene rings is 1. The lowest BCUT2D eigenvalue weighted by Crippen LogP contribution is -2.51. The minimum atomic E-state index is -3.13. The summed E-state index contributed by atoms with van der Waals surface area (Å²) in [5.74, 6) is 6.63. The Morgan fingerprint density at radius 1 is 1.10 bits per heavy atom. The van der Waals surface area contributed by atoms with Crippen LogP contribution in [0.3, 0.4) is 0 Å². The summed E-state index contributed by atoms with van der Waals surface area (Å²) >= 11 is 6.45. The van der Waals surface area contributed by atoms with Crippen LogP contribution >= 0.6 is 11.6 Å². The van der Waals surface area contributed by atoms with Gasteiger partial charge in [0.25, 0.3) is 0 Å². The summed E-state index contributed by atoms with van der Waals surface area (Å²) in [4.78, 5) is 18.2. The molecule has 42 heavy (non-hydrogen) atoms. The minimum Gasteiger partial charge on any atom is -0.491 e. The largest absolute Gasteiger partial charge is 0.491 e. The van der Waals surface area contributed by atoms with Crippen LogP contribution in [0.5, 0.6) is 5.75 Å². The van der Waals surface area contributed by atoms with Crippen molar-refractivity contribution in [3.05, 3.63) is 53.6 Å². The second-order valence-corrected chi connectivity index (χ2v) is 15.7. The molecule has 1 saturated heterocycles. The Morgan fingerprint density at radius 3 is 2.76 bits per heavy atom. The molecule has 1 N–H and O–H groups in total. The number of piperidine rings is 1. The first-order valence-electron chi connectivity index (χ1n) is 15.6. The molecule has 9 heteroatoms. The van der Waals surface area contributed by atoms with E-state index in [0.717, 1.165) is 81.3 Å². The second-order valence-electron chi connectivity index (χ2n) is 13.3. The molecule has 2 saturated carbocycles. The lowest BCUT2D eigenvalue weighted by Gasteiger charge is -2.49. The van der Waals surface area contributed by atoms with Crippen LogP contribution in [0.2, 0.25) is 0 Å². The number of halogens is 1. The molecule has 1 aromatic rings. The van der Waals surface area contributed by atoms with Crippen molar-refractivity contribution in [1.82, 2.24) is 9.62 Å². The van der Waals surface area contributed by atoms with Gasteiger partial charge in [-0.3, -0.25) is 4.90 Å². The molecule has 4 bridgehead atoms. The zero-order valence-electron chi connectivity index (χ0n) is 24.2. The van der Waals surface area contributed by atoms with Crippen LogP contribution in [0.25, 0.3) is 0 Å². The first-order chi connectivity index (χ1) is 20.3. The first-order valence-corrected chi connectivity index (χ1v) is 17.7. The number of nitrogens with one attached hydrogen (secondary N) is 1. The first kappa shape index (κ1) is 28.4. The van der Waals surface area contributed by atoms with Gasteiger partial charge in [-0.15, -0.1) is 0 Å². The standard InChI is InChI=1S/C33H42ClN3O4S/c1-42(39)28-9-11-31-30(19-28)37(21-33(22-40-31)14-2-4-24-18-26(34)8-10-29(24)33)20-25-7-6-23(25)5-3-15-36-16-12-27(13-17-36)41-32(38)35-42/h3,5,8-11,18-19,23-25,27,29H,1-2,4,6-7,12-17,20-22H2,(H,35,38,39)/b5-3+/t23-,24?,25+,29?,33+,42?/m1/s1. The predicted octanol–water partition coefficient (Wildman–Crippen LogP) is 5.76. The molecule has 4 aliphatic heterocycles. The van der Waals surface area contributed by atoms with Crippen LogP contribution in [-0.4, -0.2) is 66.5 Å². The van der Waals surface area contributed by atoms with Gasteiger partial charge in [0.15, 0.2) is 0 Å². The maximum atomic E-state index is 13.9. The number of rotatable bonds is 0. The van der Waals surface area contributed by atoms with Crippen LogP contribution in [0.4, 0.5) is 10.5 Å². The molecule has 1 amide bonds. The van der Waals surface area contributed by atoms with Gasteiger partial charge in [0.2, 0.25) is 0 Å². The topological polar surface area (TPSA) is 71.1 Å². The highest BCUT2D eigenvalue weighted by Gasteiger charge is 2.48. The quantitative estimate of drug-likeness (QED) is 0.297. The molecule has 226 valence electrons. The fraction of sp³-hybridized carbons (Fsp3) is 0.576. The van der Waals surface area contributed by atoms with E-state index in [9.17, 15) is 9.00 Å². The Bertz CT molecular complexity index is 1420. The number of allylic oxidation sites excluding steroid dienone is 5. The molecule has 1 spiro atoms. The number of carbonyl (C=O) groups excluding carboxylic acids is 1. The normalized spacial score (nSPS) is 40.5. The average molecular weight is 612 g/mol. The average Bonchev–Trinajstić information content (AvgIpc) is 3.10. The Hall–Kier alpha value is -2.42. The van der Waals surface area contributed by atoms with Crippen molar-refractivity contribution in [1.29, 1.82) is 0 Å². The molecule has 7 aliphatic rings. The van der Waals surface area contributed by atoms with Crippen molar-refractivity contribution in [3.63, 3.8) is 0 Å². The highest BCUT2D eigenvalue weighted by molar-refractivity contribution is 7.99. The minimum absolute atomic E-state index is 0.0563. The van der Waals surface area contributed by atoms with E-state index in [2.05, 4.69) is 50.8 Å². The zero-order valence-corrected chi connectivity index (χ0v) is 25.8. The number of fused-ring (bicyclic) bond motifs is 8. The molecule has 6 atom stereocenters. The summed E-state index contributed by atoms with van der Waals surface area (Å²) in [6.45, 7) is 5.08. The van der Waals surface area contributed by atoms with E-state index < -0.39 is 15.8 Å². The van der Waals surface area contributed by atoms with E-state index in [4.69, 9.17) is 21.1 Å². The van der Waals surface area contributed by atoms with Gasteiger partial charge in [-0.2, -0.15) is 0 Å². The fourth-order valence-corrected chi connectivity index (χ4v) is 9.38. The number of anilines is 1. The Morgan fingerprint density at radius 2 is 1.95 bits per heavy atom. The van der Waals surface area contributed by atoms with E-state index in [-0.39, 0.29) is 11.5 Å². The molecule has 0 aromatic heterocycles. The molecule has 3 unspecified atom stereocenters. The van der Waals surface area contributed by atoms with Gasteiger partial charge in [0.1, 0.15) is 11.9 Å². The zero-order chi connectivity index (χ0) is 28.9. The molecule has 7 nitrogen and oxygen atoms in total. The molecule has 0 radical (unpaired) electrons. The van der Waals surface area contributed by atoms with E-state index in [0.29, 0.717) is 35.2 Å². The summed E-state index contributed by atoms with van der Waals surface area (Å²) in [7, 11) is -3.13. The van der Waals surface area contributed by atoms with Gasteiger partial charge in [-0.1, -0.05) is 42.3 Å². The van der Waals surface area contributed by atoms with E-state index in [1.54, 1.807) is 6.07 Å². The summed E-state index contributed by atoms with van der Waals surface area (Å²) in [5.41, 5.74) is 0.881. The van der Waals surface area contributed by atoms with E-state index >= 15 is 0 Å². The summed E-state index contributed by atoms with van der Waals surface area (Å²) in [6, 6.07) is 5.63. The number of carbonyl (C=O) groups is 1. The third-order valence-corrected chi connectivity index (χ3v) is 12.4. The molecule has 8 rings (SSSR count). The fourth-order valence-electron chi connectivity index (χ4n) is 8.12. The Labute approximate surface area is 255 Å². The highest BCUT2D eigenvalue weighted by Crippen LogP contribution is 2.52. The van der Waals surface area contributed by atoms with Gasteiger partial charge in [0, 0.05) is 43.2 Å². The van der Waals surface area contributed by atoms with Crippen LogP contribution < -0.4 is 14.4 Å². The summed E-state index contributed by atoms with van der Waals surface area (Å²) in [6.07, 6.45) is 17.9. The van der Waals surface area contributed by atoms with Gasteiger partial charge in [-0.25, -0.2) is 13.7 Å². The van der Waals surface area contributed by atoms with E-state index in [1.807, 2.05) is 12.1 Å². The van der Waals surface area contributed by atoms with Crippen molar-refractivity contribution >= 4 is 39.0 Å². The van der Waals surface area contributed by atoms with Gasteiger partial charge in [-0.05, 0) is 92.3 Å². The number of hydrogen-bond acceptors (Lipinski definition) is 6. The smallest absolute Gasteiger partial charge is 0.419 e. The van der Waals surface area contributed by atoms with Gasteiger partial charge >= 0.3 is 6.09 Å². The van der Waals surface area contributed by atoms with Crippen LogP contribution in [0.1, 0.15) is 44.9 Å². The van der Waals surface area contributed by atoms with Crippen molar-refractivity contribution < 1.29 is 18.5 Å². The van der Waals surface area contributed by atoms with Gasteiger partial charge in [0.05, 0.1) is 26.9 Å². The van der Waals surface area contributed by atoms with Crippen molar-refractivity contribution in [2.75, 3.05) is 44.2 Å². The summed E-state index contributed by atoms with van der Waals surface area (Å²) < 4.78 is 28.8. The molecule has 3 fully saturated rings. The van der Waals surface area contributed by atoms with E-state index in [1.165, 1.54) is 12.8 Å². The second kappa shape index (κ2) is 11.3.